The SMILES string of the molecule is COc1cc(Oc2ccc(Nc3ccccc3)cc2)cc(OC)c1CNCCc1cccs1. The molecule has 0 unspecified atom stereocenters. The van der Waals surface area contributed by atoms with Crippen LogP contribution in [0.25, 0.3) is 0 Å². The number of benzene rings is 3. The molecule has 5 nitrogen and oxygen atoms in total. The van der Waals surface area contributed by atoms with Crippen molar-refractivity contribution < 1.29 is 14.2 Å². The van der Waals surface area contributed by atoms with Crippen LogP contribution in [-0.2, 0) is 13.0 Å². The number of para-hydroxylation sites is 1. The van der Waals surface area contributed by atoms with Crippen LogP contribution in [0.2, 0.25) is 0 Å². The van der Waals surface area contributed by atoms with Crippen LogP contribution in [0, 0.1) is 0 Å². The first-order valence-electron chi connectivity index (χ1n) is 10.8. The first-order valence-corrected chi connectivity index (χ1v) is 11.7. The molecule has 3 aromatic carbocycles. The fourth-order valence-corrected chi connectivity index (χ4v) is 4.21. The number of anilines is 2. The predicted octanol–water partition coefficient (Wildman–Crippen LogP) is 6.63. The zero-order chi connectivity index (χ0) is 22.9. The molecule has 0 saturated carbocycles. The van der Waals surface area contributed by atoms with Crippen LogP contribution in [0.5, 0.6) is 23.0 Å². The van der Waals surface area contributed by atoms with Gasteiger partial charge in [0.2, 0.25) is 0 Å². The highest BCUT2D eigenvalue weighted by atomic mass is 32.1. The molecule has 1 heterocycles. The number of hydrogen-bond donors (Lipinski definition) is 2. The molecule has 0 bridgehead atoms. The van der Waals surface area contributed by atoms with Crippen LogP contribution < -0.4 is 24.8 Å². The Hall–Kier alpha value is -3.48. The van der Waals surface area contributed by atoms with Gasteiger partial charge in [0, 0.05) is 41.5 Å². The Kier molecular flexibility index (Phi) is 7.85. The summed E-state index contributed by atoms with van der Waals surface area (Å²) in [4.78, 5) is 1.37. The standard InChI is InChI=1S/C27H28N2O3S/c1-30-26-17-23(18-27(31-2)25(26)19-28-15-14-24-9-6-16-33-24)32-22-12-10-21(11-13-22)29-20-7-4-3-5-8-20/h3-13,16-18,28-29H,14-15,19H2,1-2H3. The highest BCUT2D eigenvalue weighted by Gasteiger charge is 2.14. The summed E-state index contributed by atoms with van der Waals surface area (Å²) in [5, 5.41) is 8.96. The van der Waals surface area contributed by atoms with Crippen LogP contribution in [0.4, 0.5) is 11.4 Å². The summed E-state index contributed by atoms with van der Waals surface area (Å²) in [6.45, 7) is 1.53. The van der Waals surface area contributed by atoms with Crippen molar-refractivity contribution in [2.24, 2.45) is 0 Å². The number of rotatable bonds is 11. The zero-order valence-corrected chi connectivity index (χ0v) is 19.7. The molecule has 170 valence electrons. The monoisotopic (exact) mass is 460 g/mol. The Labute approximate surface area is 199 Å². The van der Waals surface area contributed by atoms with Crippen molar-refractivity contribution in [1.29, 1.82) is 0 Å². The lowest BCUT2D eigenvalue weighted by Gasteiger charge is -2.16. The summed E-state index contributed by atoms with van der Waals surface area (Å²) in [6, 6.07) is 25.9. The van der Waals surface area contributed by atoms with E-state index in [1.807, 2.05) is 66.7 Å². The van der Waals surface area contributed by atoms with Gasteiger partial charge in [0.15, 0.2) is 0 Å². The van der Waals surface area contributed by atoms with Gasteiger partial charge in [0.1, 0.15) is 23.0 Å². The lowest BCUT2D eigenvalue weighted by Crippen LogP contribution is -2.17. The van der Waals surface area contributed by atoms with E-state index in [0.717, 1.165) is 47.2 Å². The van der Waals surface area contributed by atoms with Crippen molar-refractivity contribution in [3.05, 3.63) is 94.7 Å². The fourth-order valence-electron chi connectivity index (χ4n) is 3.50. The number of ether oxygens (including phenoxy) is 3. The topological polar surface area (TPSA) is 51.8 Å². The van der Waals surface area contributed by atoms with Crippen molar-refractivity contribution >= 4 is 22.7 Å². The van der Waals surface area contributed by atoms with Gasteiger partial charge in [-0.3, -0.25) is 0 Å². The van der Waals surface area contributed by atoms with Crippen LogP contribution in [0.15, 0.2) is 84.2 Å². The minimum Gasteiger partial charge on any atom is -0.496 e. The van der Waals surface area contributed by atoms with Gasteiger partial charge in [-0.15, -0.1) is 11.3 Å². The average molecular weight is 461 g/mol. The Morgan fingerprint density at radius 2 is 1.45 bits per heavy atom. The second kappa shape index (κ2) is 11.4. The highest BCUT2D eigenvalue weighted by Crippen LogP contribution is 2.36. The molecule has 4 rings (SSSR count). The highest BCUT2D eigenvalue weighted by molar-refractivity contribution is 7.09. The number of hydrogen-bond acceptors (Lipinski definition) is 6. The van der Waals surface area contributed by atoms with E-state index in [1.54, 1.807) is 25.6 Å². The third kappa shape index (κ3) is 6.28. The van der Waals surface area contributed by atoms with Gasteiger partial charge < -0.3 is 24.8 Å². The Morgan fingerprint density at radius 1 is 0.758 bits per heavy atom. The minimum absolute atomic E-state index is 0.651. The van der Waals surface area contributed by atoms with E-state index in [9.17, 15) is 0 Å². The molecular formula is C27H28N2O3S. The van der Waals surface area contributed by atoms with Gasteiger partial charge in [-0.2, -0.15) is 0 Å². The molecule has 0 saturated heterocycles. The van der Waals surface area contributed by atoms with Gasteiger partial charge in [0.05, 0.1) is 19.8 Å². The van der Waals surface area contributed by atoms with E-state index >= 15 is 0 Å². The van der Waals surface area contributed by atoms with E-state index < -0.39 is 0 Å². The molecular weight excluding hydrogens is 432 g/mol. The summed E-state index contributed by atoms with van der Waals surface area (Å²) in [6.07, 6.45) is 0.999. The zero-order valence-electron chi connectivity index (χ0n) is 18.8. The third-order valence-corrected chi connectivity index (χ3v) is 6.10. The second-order valence-electron chi connectivity index (χ2n) is 7.43. The maximum Gasteiger partial charge on any atom is 0.134 e. The smallest absolute Gasteiger partial charge is 0.134 e. The average Bonchev–Trinajstić information content (AvgIpc) is 3.37. The summed E-state index contributed by atoms with van der Waals surface area (Å²) in [5.41, 5.74) is 3.01. The van der Waals surface area contributed by atoms with Crippen LogP contribution in [0.3, 0.4) is 0 Å². The van der Waals surface area contributed by atoms with Gasteiger partial charge in [0.25, 0.3) is 0 Å². The van der Waals surface area contributed by atoms with Crippen molar-refractivity contribution in [2.45, 2.75) is 13.0 Å². The summed E-state index contributed by atoms with van der Waals surface area (Å²) >= 11 is 1.78. The summed E-state index contributed by atoms with van der Waals surface area (Å²) < 4.78 is 17.4. The number of thiophene rings is 1. The predicted molar refractivity (Wildman–Crippen MR) is 136 cm³/mol. The molecule has 0 spiro atoms. The van der Waals surface area contributed by atoms with E-state index in [2.05, 4.69) is 28.1 Å². The van der Waals surface area contributed by atoms with Gasteiger partial charge in [-0.1, -0.05) is 24.3 Å². The van der Waals surface area contributed by atoms with Gasteiger partial charge in [-0.05, 0) is 54.3 Å². The molecule has 2 N–H and O–H groups in total. The van der Waals surface area contributed by atoms with Crippen LogP contribution in [0.1, 0.15) is 10.4 Å². The largest absolute Gasteiger partial charge is 0.496 e. The molecule has 0 amide bonds. The Bertz CT molecular complexity index is 1110. The molecule has 0 aliphatic heterocycles. The maximum atomic E-state index is 6.09. The van der Waals surface area contributed by atoms with Gasteiger partial charge in [-0.25, -0.2) is 0 Å². The quantitative estimate of drug-likeness (QED) is 0.246. The molecule has 1 aromatic heterocycles. The van der Waals surface area contributed by atoms with Crippen molar-refractivity contribution in [2.75, 3.05) is 26.1 Å². The lowest BCUT2D eigenvalue weighted by atomic mass is 10.1. The van der Waals surface area contributed by atoms with E-state index in [-0.39, 0.29) is 0 Å². The Balaban J connectivity index is 1.41. The first kappa shape index (κ1) is 22.7. The van der Waals surface area contributed by atoms with E-state index in [1.165, 1.54) is 4.88 Å². The normalized spacial score (nSPS) is 10.6. The van der Waals surface area contributed by atoms with E-state index in [0.29, 0.717) is 12.3 Å². The molecule has 0 aliphatic rings. The molecule has 0 atom stereocenters. The number of methoxy groups -OCH3 is 2. The van der Waals surface area contributed by atoms with Gasteiger partial charge >= 0.3 is 0 Å². The van der Waals surface area contributed by atoms with Crippen molar-refractivity contribution in [1.82, 2.24) is 5.32 Å². The fraction of sp³-hybridized carbons (Fsp3) is 0.185. The van der Waals surface area contributed by atoms with Crippen LogP contribution in [-0.4, -0.2) is 20.8 Å². The third-order valence-electron chi connectivity index (χ3n) is 5.16. The molecule has 6 heteroatoms. The second-order valence-corrected chi connectivity index (χ2v) is 8.46. The van der Waals surface area contributed by atoms with E-state index in [4.69, 9.17) is 14.2 Å². The Morgan fingerprint density at radius 3 is 2.09 bits per heavy atom. The maximum absolute atomic E-state index is 6.09. The number of nitrogens with one attached hydrogen (secondary N) is 2. The minimum atomic E-state index is 0.651. The lowest BCUT2D eigenvalue weighted by molar-refractivity contribution is 0.375. The first-order chi connectivity index (χ1) is 16.2. The molecule has 33 heavy (non-hydrogen) atoms. The van der Waals surface area contributed by atoms with Crippen LogP contribution >= 0.6 is 11.3 Å². The molecule has 0 radical (unpaired) electrons. The van der Waals surface area contributed by atoms with Crippen molar-refractivity contribution in [3.63, 3.8) is 0 Å². The molecule has 4 aromatic rings. The molecule has 0 aliphatic carbocycles. The summed E-state index contributed by atoms with van der Waals surface area (Å²) in [5.74, 6) is 2.86. The molecule has 0 fully saturated rings. The van der Waals surface area contributed by atoms with Crippen molar-refractivity contribution in [3.8, 4) is 23.0 Å². The summed E-state index contributed by atoms with van der Waals surface area (Å²) in [7, 11) is 3.33.